The summed E-state index contributed by atoms with van der Waals surface area (Å²) in [4.78, 5) is 23.1. The van der Waals surface area contributed by atoms with Crippen molar-refractivity contribution in [1.29, 1.82) is 0 Å². The van der Waals surface area contributed by atoms with Gasteiger partial charge in [-0.05, 0) is 42.3 Å². The molecule has 7 nitrogen and oxygen atoms in total. The highest BCUT2D eigenvalue weighted by atomic mass is 79.9. The molecule has 2 N–H and O–H groups in total. The van der Waals surface area contributed by atoms with E-state index in [1.807, 2.05) is 0 Å². The Labute approximate surface area is 172 Å². The predicted octanol–water partition coefficient (Wildman–Crippen LogP) is 3.30. The van der Waals surface area contributed by atoms with E-state index in [4.69, 9.17) is 4.74 Å². The lowest BCUT2D eigenvalue weighted by molar-refractivity contribution is -0.141. The van der Waals surface area contributed by atoms with E-state index in [0.29, 0.717) is 16.8 Å². The Bertz CT molecular complexity index is 974. The maximum absolute atomic E-state index is 13.0. The Hall–Kier alpha value is -2.23. The van der Waals surface area contributed by atoms with E-state index >= 15 is 0 Å². The van der Waals surface area contributed by atoms with Crippen LogP contribution >= 0.6 is 15.9 Å². The first-order valence-corrected chi connectivity index (χ1v) is 10.6. The first-order valence-electron chi connectivity index (χ1n) is 8.35. The molecule has 0 spiro atoms. The Morgan fingerprint density at radius 3 is 2.36 bits per heavy atom. The third-order valence-electron chi connectivity index (χ3n) is 3.97. The predicted molar refractivity (Wildman–Crippen MR) is 109 cm³/mol. The van der Waals surface area contributed by atoms with E-state index < -0.39 is 22.0 Å². The molecule has 0 radical (unpaired) electrons. The monoisotopic (exact) mass is 468 g/mol. The van der Waals surface area contributed by atoms with Crippen molar-refractivity contribution in [2.45, 2.75) is 31.2 Å². The number of methoxy groups -OCH3 is 1. The van der Waals surface area contributed by atoms with Gasteiger partial charge in [0.2, 0.25) is 15.9 Å². The normalized spacial score (nSPS) is 12.3. The van der Waals surface area contributed by atoms with Crippen LogP contribution in [0.1, 0.15) is 30.5 Å². The largest absolute Gasteiger partial charge is 0.469 e. The number of rotatable bonds is 7. The Morgan fingerprint density at radius 1 is 1.14 bits per heavy atom. The highest BCUT2D eigenvalue weighted by molar-refractivity contribution is 9.10. The standard InChI is InChI=1S/C19H21BrN2O5S/c1-12-4-9-16(21-13(2)23)10-18(12)28(25,26)22-17(11-19(24)27-3)14-5-7-15(20)8-6-14/h4-10,17,22H,11H2,1-3H3,(H,21,23). The van der Waals surface area contributed by atoms with Gasteiger partial charge in [0.25, 0.3) is 0 Å². The average molecular weight is 469 g/mol. The minimum Gasteiger partial charge on any atom is -0.469 e. The van der Waals surface area contributed by atoms with E-state index in [1.165, 1.54) is 20.1 Å². The maximum atomic E-state index is 13.0. The molecule has 1 unspecified atom stereocenters. The van der Waals surface area contributed by atoms with Crippen LogP contribution in [0, 0.1) is 6.92 Å². The zero-order valence-corrected chi connectivity index (χ0v) is 18.1. The number of aryl methyl sites for hydroxylation is 1. The smallest absolute Gasteiger partial charge is 0.307 e. The van der Waals surface area contributed by atoms with Crippen LogP contribution in [-0.2, 0) is 24.3 Å². The highest BCUT2D eigenvalue weighted by Gasteiger charge is 2.25. The van der Waals surface area contributed by atoms with Crippen LogP contribution in [-0.4, -0.2) is 27.4 Å². The van der Waals surface area contributed by atoms with Crippen molar-refractivity contribution in [1.82, 2.24) is 4.72 Å². The van der Waals surface area contributed by atoms with Crippen molar-refractivity contribution in [3.63, 3.8) is 0 Å². The van der Waals surface area contributed by atoms with E-state index in [2.05, 4.69) is 26.0 Å². The minimum absolute atomic E-state index is 0.0192. The summed E-state index contributed by atoms with van der Waals surface area (Å²) in [6, 6.07) is 10.8. The Balaban J connectivity index is 2.40. The van der Waals surface area contributed by atoms with Gasteiger partial charge in [0, 0.05) is 17.1 Å². The Morgan fingerprint density at radius 2 is 1.79 bits per heavy atom. The highest BCUT2D eigenvalue weighted by Crippen LogP contribution is 2.25. The van der Waals surface area contributed by atoms with Gasteiger partial charge in [-0.2, -0.15) is 0 Å². The number of sulfonamides is 1. The average Bonchev–Trinajstić information content (AvgIpc) is 2.62. The minimum atomic E-state index is -3.98. The molecule has 0 saturated heterocycles. The third kappa shape index (κ3) is 5.88. The molecule has 0 aliphatic heterocycles. The van der Waals surface area contributed by atoms with Crippen molar-refractivity contribution < 1.29 is 22.7 Å². The first-order chi connectivity index (χ1) is 13.1. The van der Waals surface area contributed by atoms with Crippen molar-refractivity contribution in [3.8, 4) is 0 Å². The lowest BCUT2D eigenvalue weighted by Crippen LogP contribution is -2.31. The molecule has 0 bridgehead atoms. The number of amides is 1. The van der Waals surface area contributed by atoms with Crippen LogP contribution in [0.5, 0.6) is 0 Å². The van der Waals surface area contributed by atoms with Crippen molar-refractivity contribution in [2.24, 2.45) is 0 Å². The fourth-order valence-electron chi connectivity index (χ4n) is 2.59. The molecule has 2 rings (SSSR count). The molecule has 1 atom stereocenters. The molecule has 0 aliphatic rings. The number of carbonyl (C=O) groups is 2. The van der Waals surface area contributed by atoms with Crippen molar-refractivity contribution in [3.05, 3.63) is 58.1 Å². The Kier molecular flexibility index (Phi) is 7.34. The van der Waals surface area contributed by atoms with Gasteiger partial charge in [0.05, 0.1) is 24.5 Å². The number of hydrogen-bond acceptors (Lipinski definition) is 5. The van der Waals surface area contributed by atoms with E-state index in [1.54, 1.807) is 43.3 Å². The van der Waals surface area contributed by atoms with Crippen LogP contribution in [0.2, 0.25) is 0 Å². The summed E-state index contributed by atoms with van der Waals surface area (Å²) in [5.74, 6) is -0.849. The molecule has 1 amide bonds. The van der Waals surface area contributed by atoms with Crippen LogP contribution in [0.15, 0.2) is 51.8 Å². The summed E-state index contributed by atoms with van der Waals surface area (Å²) in [7, 11) is -2.73. The third-order valence-corrected chi connectivity index (χ3v) is 6.11. The summed E-state index contributed by atoms with van der Waals surface area (Å²) in [6.45, 7) is 2.99. The lowest BCUT2D eigenvalue weighted by Gasteiger charge is -2.19. The maximum Gasteiger partial charge on any atom is 0.307 e. The fourth-order valence-corrected chi connectivity index (χ4v) is 4.35. The molecule has 150 valence electrons. The molecule has 0 fully saturated rings. The van der Waals surface area contributed by atoms with Gasteiger partial charge < -0.3 is 10.1 Å². The van der Waals surface area contributed by atoms with Gasteiger partial charge >= 0.3 is 5.97 Å². The summed E-state index contributed by atoms with van der Waals surface area (Å²) < 4.78 is 34.2. The van der Waals surface area contributed by atoms with Crippen LogP contribution in [0.25, 0.3) is 0 Å². The van der Waals surface area contributed by atoms with Gasteiger partial charge in [0.15, 0.2) is 0 Å². The van der Waals surface area contributed by atoms with Crippen molar-refractivity contribution in [2.75, 3.05) is 12.4 Å². The summed E-state index contributed by atoms with van der Waals surface area (Å²) in [5, 5.41) is 2.57. The zero-order chi connectivity index (χ0) is 20.9. The molecular weight excluding hydrogens is 448 g/mol. The number of esters is 1. The van der Waals surface area contributed by atoms with Crippen molar-refractivity contribution >= 4 is 43.5 Å². The van der Waals surface area contributed by atoms with Gasteiger partial charge in [-0.1, -0.05) is 34.1 Å². The molecule has 28 heavy (non-hydrogen) atoms. The zero-order valence-electron chi connectivity index (χ0n) is 15.7. The molecule has 0 heterocycles. The number of carbonyl (C=O) groups excluding carboxylic acids is 2. The number of benzene rings is 2. The molecular formula is C19H21BrN2O5S. The number of hydrogen-bond donors (Lipinski definition) is 2. The van der Waals surface area contributed by atoms with Crippen LogP contribution in [0.4, 0.5) is 5.69 Å². The number of ether oxygens (including phenoxy) is 1. The number of nitrogens with one attached hydrogen (secondary N) is 2. The van der Waals surface area contributed by atoms with E-state index in [9.17, 15) is 18.0 Å². The summed E-state index contributed by atoms with van der Waals surface area (Å²) >= 11 is 3.33. The molecule has 0 saturated carbocycles. The van der Waals surface area contributed by atoms with Crippen LogP contribution < -0.4 is 10.0 Å². The van der Waals surface area contributed by atoms with Gasteiger partial charge in [0.1, 0.15) is 0 Å². The second kappa shape index (κ2) is 9.31. The van der Waals surface area contributed by atoms with Gasteiger partial charge in [-0.25, -0.2) is 13.1 Å². The van der Waals surface area contributed by atoms with E-state index in [-0.39, 0.29) is 17.2 Å². The summed E-state index contributed by atoms with van der Waals surface area (Å²) in [6.07, 6.45) is -0.165. The van der Waals surface area contributed by atoms with E-state index in [0.717, 1.165) is 4.47 Å². The molecule has 2 aromatic rings. The second-order valence-corrected chi connectivity index (χ2v) is 8.77. The fraction of sp³-hybridized carbons (Fsp3) is 0.263. The second-order valence-electron chi connectivity index (χ2n) is 6.17. The van der Waals surface area contributed by atoms with Gasteiger partial charge in [-0.15, -0.1) is 0 Å². The quantitative estimate of drug-likeness (QED) is 0.606. The SMILES string of the molecule is COC(=O)CC(NS(=O)(=O)c1cc(NC(C)=O)ccc1C)c1ccc(Br)cc1. The lowest BCUT2D eigenvalue weighted by atomic mass is 10.1. The summed E-state index contributed by atoms with van der Waals surface area (Å²) in [5.41, 5.74) is 1.49. The number of anilines is 1. The van der Waals surface area contributed by atoms with Gasteiger partial charge in [-0.3, -0.25) is 9.59 Å². The van der Waals surface area contributed by atoms with Crippen LogP contribution in [0.3, 0.4) is 0 Å². The topological polar surface area (TPSA) is 102 Å². The number of halogens is 1. The first kappa shape index (κ1) is 22.1. The molecule has 0 aromatic heterocycles. The molecule has 0 aliphatic carbocycles. The molecule has 9 heteroatoms. The molecule has 2 aromatic carbocycles.